The second kappa shape index (κ2) is 6.69. The number of hydrogen-bond acceptors (Lipinski definition) is 3. The molecule has 2 atom stereocenters. The number of piperidine rings is 3. The minimum atomic E-state index is 0.268. The molecule has 4 heterocycles. The third kappa shape index (κ3) is 2.89. The van der Waals surface area contributed by atoms with Gasteiger partial charge in [-0.25, -0.2) is 4.98 Å². The van der Waals surface area contributed by atoms with E-state index < -0.39 is 0 Å². The Morgan fingerprint density at radius 3 is 2.75 bits per heavy atom. The molecule has 0 amide bonds. The molecule has 128 valence electrons. The fourth-order valence-electron chi connectivity index (χ4n) is 4.80. The van der Waals surface area contributed by atoms with E-state index in [2.05, 4.69) is 38.7 Å². The molecule has 0 saturated carbocycles. The van der Waals surface area contributed by atoms with Crippen molar-refractivity contribution in [3.8, 4) is 11.3 Å². The molecule has 2 unspecified atom stereocenters. The maximum absolute atomic E-state index is 9.67. The van der Waals surface area contributed by atoms with E-state index in [0.29, 0.717) is 11.8 Å². The van der Waals surface area contributed by atoms with Crippen molar-refractivity contribution in [2.45, 2.75) is 25.2 Å². The van der Waals surface area contributed by atoms with Crippen LogP contribution in [0.3, 0.4) is 0 Å². The number of aliphatic hydroxyl groups excluding tert-OH is 1. The third-order valence-corrected chi connectivity index (χ3v) is 6.09. The van der Waals surface area contributed by atoms with Gasteiger partial charge < -0.3 is 14.6 Å². The summed E-state index contributed by atoms with van der Waals surface area (Å²) in [7, 11) is 2.04. The molecule has 4 nitrogen and oxygen atoms in total. The van der Waals surface area contributed by atoms with Crippen molar-refractivity contribution in [3.05, 3.63) is 42.4 Å². The van der Waals surface area contributed by atoms with Gasteiger partial charge in [-0.2, -0.15) is 0 Å². The van der Waals surface area contributed by atoms with Crippen LogP contribution in [0.5, 0.6) is 0 Å². The number of rotatable bonds is 5. The lowest BCUT2D eigenvalue weighted by atomic mass is 9.69. The van der Waals surface area contributed by atoms with Crippen LogP contribution in [0.15, 0.2) is 36.8 Å². The summed E-state index contributed by atoms with van der Waals surface area (Å²) in [6.07, 6.45) is 7.29. The summed E-state index contributed by atoms with van der Waals surface area (Å²) in [6.45, 7) is 4.00. The highest BCUT2D eigenvalue weighted by Crippen LogP contribution is 2.42. The number of aromatic nitrogens is 2. The van der Waals surface area contributed by atoms with Gasteiger partial charge in [-0.15, -0.1) is 0 Å². The summed E-state index contributed by atoms with van der Waals surface area (Å²) in [4.78, 5) is 6.86. The Kier molecular flexibility index (Phi) is 4.42. The molecule has 3 fully saturated rings. The van der Waals surface area contributed by atoms with Gasteiger partial charge in [0.05, 0.1) is 18.2 Å². The van der Waals surface area contributed by atoms with E-state index in [-0.39, 0.29) is 6.61 Å². The first-order chi connectivity index (χ1) is 11.8. The number of aliphatic hydroxyl groups is 1. The molecule has 3 aliphatic rings. The molecule has 24 heavy (non-hydrogen) atoms. The summed E-state index contributed by atoms with van der Waals surface area (Å²) >= 11 is 0. The standard InChI is InChI=1S/C20H27N3O/c1-22-14-21-12-20(22)17-4-2-3-16(11-17)18(7-10-24)19-13-23-8-5-15(19)6-9-23/h2-4,11-12,14-15,18-19,24H,5-10,13H2,1H3. The van der Waals surface area contributed by atoms with Gasteiger partial charge in [-0.3, -0.25) is 0 Å². The maximum atomic E-state index is 9.67. The summed E-state index contributed by atoms with van der Waals surface area (Å²) in [5.41, 5.74) is 3.74. The molecule has 3 aliphatic heterocycles. The van der Waals surface area contributed by atoms with Crippen molar-refractivity contribution >= 4 is 0 Å². The fraction of sp³-hybridized carbons (Fsp3) is 0.550. The van der Waals surface area contributed by atoms with E-state index in [1.165, 1.54) is 43.6 Å². The normalized spacial score (nSPS) is 27.3. The van der Waals surface area contributed by atoms with Crippen LogP contribution in [0.4, 0.5) is 0 Å². The molecule has 1 aromatic heterocycles. The number of aryl methyl sites for hydroxylation is 1. The number of benzene rings is 1. The predicted molar refractivity (Wildman–Crippen MR) is 95.7 cm³/mol. The SMILES string of the molecule is Cn1cncc1-c1cccc(C(CCO)C2CN3CCC2CC3)c1. The third-order valence-electron chi connectivity index (χ3n) is 6.09. The van der Waals surface area contributed by atoms with Gasteiger partial charge in [-0.1, -0.05) is 18.2 Å². The van der Waals surface area contributed by atoms with Gasteiger partial charge >= 0.3 is 0 Å². The fourth-order valence-corrected chi connectivity index (χ4v) is 4.80. The molecule has 4 heteroatoms. The van der Waals surface area contributed by atoms with Crippen molar-refractivity contribution in [1.82, 2.24) is 14.5 Å². The smallest absolute Gasteiger partial charge is 0.0948 e. The number of nitrogens with zero attached hydrogens (tertiary/aromatic N) is 3. The first-order valence-corrected chi connectivity index (χ1v) is 9.16. The Morgan fingerprint density at radius 2 is 2.12 bits per heavy atom. The summed E-state index contributed by atoms with van der Waals surface area (Å²) in [6, 6.07) is 8.88. The first kappa shape index (κ1) is 15.9. The molecular formula is C20H27N3O. The molecule has 2 aromatic rings. The van der Waals surface area contributed by atoms with Crippen LogP contribution in [-0.2, 0) is 7.05 Å². The summed E-state index contributed by atoms with van der Waals surface area (Å²) < 4.78 is 2.06. The van der Waals surface area contributed by atoms with Gasteiger partial charge in [0.25, 0.3) is 0 Å². The van der Waals surface area contributed by atoms with E-state index in [4.69, 9.17) is 0 Å². The largest absolute Gasteiger partial charge is 0.396 e. The van der Waals surface area contributed by atoms with Crippen LogP contribution in [0, 0.1) is 11.8 Å². The molecule has 0 spiro atoms. The molecule has 0 radical (unpaired) electrons. The van der Waals surface area contributed by atoms with Gasteiger partial charge in [0, 0.05) is 25.8 Å². The van der Waals surface area contributed by atoms with Crippen LogP contribution in [0.1, 0.15) is 30.7 Å². The highest BCUT2D eigenvalue weighted by molar-refractivity contribution is 5.60. The average molecular weight is 325 g/mol. The minimum absolute atomic E-state index is 0.268. The highest BCUT2D eigenvalue weighted by Gasteiger charge is 2.38. The van der Waals surface area contributed by atoms with E-state index in [1.54, 1.807) is 0 Å². The quantitative estimate of drug-likeness (QED) is 0.919. The van der Waals surface area contributed by atoms with E-state index in [1.807, 2.05) is 19.6 Å². The molecule has 1 N–H and O–H groups in total. The van der Waals surface area contributed by atoms with Gasteiger partial charge in [-0.05, 0) is 61.7 Å². The summed E-state index contributed by atoms with van der Waals surface area (Å²) in [5.74, 6) is 1.96. The lowest BCUT2D eigenvalue weighted by Crippen LogP contribution is -2.49. The monoisotopic (exact) mass is 325 g/mol. The van der Waals surface area contributed by atoms with Crippen molar-refractivity contribution < 1.29 is 5.11 Å². The van der Waals surface area contributed by atoms with E-state index in [0.717, 1.165) is 18.0 Å². The molecular weight excluding hydrogens is 298 g/mol. The van der Waals surface area contributed by atoms with Gasteiger partial charge in [0.15, 0.2) is 0 Å². The Morgan fingerprint density at radius 1 is 1.29 bits per heavy atom. The van der Waals surface area contributed by atoms with E-state index >= 15 is 0 Å². The van der Waals surface area contributed by atoms with Crippen LogP contribution < -0.4 is 0 Å². The minimum Gasteiger partial charge on any atom is -0.396 e. The Hall–Kier alpha value is -1.65. The lowest BCUT2D eigenvalue weighted by Gasteiger charge is -2.48. The zero-order chi connectivity index (χ0) is 16.5. The summed E-state index contributed by atoms with van der Waals surface area (Å²) in [5, 5.41) is 9.67. The number of imidazole rings is 1. The Labute approximate surface area is 144 Å². The Bertz CT molecular complexity index is 688. The zero-order valence-corrected chi connectivity index (χ0v) is 14.4. The number of fused-ring (bicyclic) bond motifs is 3. The molecule has 3 saturated heterocycles. The average Bonchev–Trinajstić information content (AvgIpc) is 3.07. The molecule has 2 bridgehead atoms. The topological polar surface area (TPSA) is 41.3 Å². The maximum Gasteiger partial charge on any atom is 0.0948 e. The molecule has 5 rings (SSSR count). The van der Waals surface area contributed by atoms with Crippen LogP contribution in [0.25, 0.3) is 11.3 Å². The lowest BCUT2D eigenvalue weighted by molar-refractivity contribution is 0.0318. The van der Waals surface area contributed by atoms with Gasteiger partial charge in [0.1, 0.15) is 0 Å². The van der Waals surface area contributed by atoms with Crippen molar-refractivity contribution in [2.24, 2.45) is 18.9 Å². The molecule has 0 aliphatic carbocycles. The second-order valence-electron chi connectivity index (χ2n) is 7.44. The Balaban J connectivity index is 1.65. The van der Waals surface area contributed by atoms with Crippen molar-refractivity contribution in [1.29, 1.82) is 0 Å². The highest BCUT2D eigenvalue weighted by atomic mass is 16.3. The van der Waals surface area contributed by atoms with Crippen molar-refractivity contribution in [3.63, 3.8) is 0 Å². The zero-order valence-electron chi connectivity index (χ0n) is 14.4. The number of hydrogen-bond donors (Lipinski definition) is 1. The van der Waals surface area contributed by atoms with Crippen LogP contribution in [-0.4, -0.2) is 45.8 Å². The van der Waals surface area contributed by atoms with Gasteiger partial charge in [0.2, 0.25) is 0 Å². The van der Waals surface area contributed by atoms with Crippen LogP contribution in [0.2, 0.25) is 0 Å². The molecule has 1 aromatic carbocycles. The second-order valence-corrected chi connectivity index (χ2v) is 7.44. The first-order valence-electron chi connectivity index (χ1n) is 9.16. The van der Waals surface area contributed by atoms with E-state index in [9.17, 15) is 5.11 Å². The predicted octanol–water partition coefficient (Wildman–Crippen LogP) is 2.89. The van der Waals surface area contributed by atoms with Crippen molar-refractivity contribution in [2.75, 3.05) is 26.2 Å². The van der Waals surface area contributed by atoms with Crippen LogP contribution >= 0.6 is 0 Å².